The smallest absolute Gasteiger partial charge is 0.433 e. The first-order valence-electron chi connectivity index (χ1n) is 9.61. The Hall–Kier alpha value is -4.15. The van der Waals surface area contributed by atoms with Crippen LogP contribution in [0.2, 0.25) is 0 Å². The lowest BCUT2D eigenvalue weighted by atomic mass is 10.1. The Morgan fingerprint density at radius 2 is 1.77 bits per heavy atom. The topological polar surface area (TPSA) is 124 Å². The number of nitro groups is 1. The molecule has 0 spiro atoms. The maximum atomic E-state index is 12.5. The molecular formula is C20H17N5O6. The average Bonchev–Trinajstić information content (AvgIpc) is 3.48. The maximum absolute atomic E-state index is 12.5. The first-order valence-corrected chi connectivity index (χ1v) is 9.61. The fourth-order valence-electron chi connectivity index (χ4n) is 3.54. The first-order chi connectivity index (χ1) is 15.1. The highest BCUT2D eigenvalue weighted by Gasteiger charge is 2.26. The van der Waals surface area contributed by atoms with Gasteiger partial charge in [-0.3, -0.25) is 14.9 Å². The lowest BCUT2D eigenvalue weighted by Gasteiger charge is -2.34. The summed E-state index contributed by atoms with van der Waals surface area (Å²) in [5.74, 6) is 1.27. The minimum absolute atomic E-state index is 0.0342. The molecule has 0 aliphatic carbocycles. The van der Waals surface area contributed by atoms with E-state index in [2.05, 4.69) is 10.2 Å². The van der Waals surface area contributed by atoms with Crippen molar-refractivity contribution in [3.63, 3.8) is 0 Å². The molecule has 3 aromatic rings. The standard InChI is InChI=1S/C20H17N5O6/c26-20(16-4-6-19(31-16)25(27)28)24-9-7-23(8-10-24)18-5-2-14(21-22-18)13-1-3-15-17(11-13)30-12-29-15/h1-6,11H,7-10,12H2. The van der Waals surface area contributed by atoms with E-state index in [0.717, 1.165) is 11.3 Å². The molecular weight excluding hydrogens is 406 g/mol. The Balaban J connectivity index is 1.22. The molecule has 31 heavy (non-hydrogen) atoms. The number of anilines is 1. The summed E-state index contributed by atoms with van der Waals surface area (Å²) < 4.78 is 15.7. The van der Waals surface area contributed by atoms with Gasteiger partial charge in [-0.25, -0.2) is 0 Å². The average molecular weight is 423 g/mol. The van der Waals surface area contributed by atoms with Crippen molar-refractivity contribution in [2.75, 3.05) is 37.9 Å². The van der Waals surface area contributed by atoms with Crippen molar-refractivity contribution in [1.29, 1.82) is 0 Å². The summed E-state index contributed by atoms with van der Waals surface area (Å²) in [6, 6.07) is 11.9. The second-order valence-corrected chi connectivity index (χ2v) is 7.02. The van der Waals surface area contributed by atoms with E-state index in [-0.39, 0.29) is 18.5 Å². The lowest BCUT2D eigenvalue weighted by Crippen LogP contribution is -2.49. The number of carbonyl (C=O) groups is 1. The van der Waals surface area contributed by atoms with Crippen LogP contribution in [0.1, 0.15) is 10.6 Å². The van der Waals surface area contributed by atoms with Crippen LogP contribution >= 0.6 is 0 Å². The van der Waals surface area contributed by atoms with Gasteiger partial charge in [-0.1, -0.05) is 0 Å². The molecule has 0 atom stereocenters. The van der Waals surface area contributed by atoms with Gasteiger partial charge in [0.2, 0.25) is 6.79 Å². The molecule has 5 rings (SSSR count). The number of nitrogens with zero attached hydrogens (tertiary/aromatic N) is 5. The van der Waals surface area contributed by atoms with Crippen molar-refractivity contribution in [3.05, 3.63) is 58.3 Å². The number of aromatic nitrogens is 2. The van der Waals surface area contributed by atoms with Crippen molar-refractivity contribution in [1.82, 2.24) is 15.1 Å². The van der Waals surface area contributed by atoms with Gasteiger partial charge in [0.05, 0.1) is 11.8 Å². The minimum atomic E-state index is -0.666. The Labute approximate surface area is 175 Å². The quantitative estimate of drug-likeness (QED) is 0.459. The minimum Gasteiger partial charge on any atom is -0.454 e. The highest BCUT2D eigenvalue weighted by molar-refractivity contribution is 5.92. The summed E-state index contributed by atoms with van der Waals surface area (Å²) in [5, 5.41) is 19.4. The molecule has 2 aromatic heterocycles. The number of carbonyl (C=O) groups excluding carboxylic acids is 1. The molecule has 2 aliphatic heterocycles. The summed E-state index contributed by atoms with van der Waals surface area (Å²) in [5.41, 5.74) is 1.60. The van der Waals surface area contributed by atoms with Crippen LogP contribution in [0.5, 0.6) is 11.5 Å². The van der Waals surface area contributed by atoms with E-state index in [9.17, 15) is 14.9 Å². The first kappa shape index (κ1) is 18.9. The van der Waals surface area contributed by atoms with Gasteiger partial charge in [-0.2, -0.15) is 0 Å². The normalized spacial score (nSPS) is 15.2. The van der Waals surface area contributed by atoms with E-state index in [1.165, 1.54) is 12.1 Å². The van der Waals surface area contributed by atoms with Crippen LogP contribution in [0.15, 0.2) is 46.9 Å². The van der Waals surface area contributed by atoms with Crippen molar-refractivity contribution < 1.29 is 23.6 Å². The molecule has 11 nitrogen and oxygen atoms in total. The molecule has 4 heterocycles. The van der Waals surface area contributed by atoms with Crippen LogP contribution < -0.4 is 14.4 Å². The van der Waals surface area contributed by atoms with Crippen molar-refractivity contribution in [2.45, 2.75) is 0 Å². The zero-order valence-electron chi connectivity index (χ0n) is 16.3. The number of hydrogen-bond donors (Lipinski definition) is 0. The molecule has 0 N–H and O–H groups in total. The molecule has 0 bridgehead atoms. The summed E-state index contributed by atoms with van der Waals surface area (Å²) in [7, 11) is 0. The van der Waals surface area contributed by atoms with Gasteiger partial charge in [0.1, 0.15) is 4.92 Å². The third kappa shape index (κ3) is 3.61. The van der Waals surface area contributed by atoms with E-state index in [4.69, 9.17) is 13.9 Å². The highest BCUT2D eigenvalue weighted by atomic mass is 16.7. The van der Waals surface area contributed by atoms with Gasteiger partial charge in [-0.05, 0) is 36.4 Å². The third-order valence-electron chi connectivity index (χ3n) is 5.19. The third-order valence-corrected chi connectivity index (χ3v) is 5.19. The molecule has 1 fully saturated rings. The number of fused-ring (bicyclic) bond motifs is 1. The fraction of sp³-hybridized carbons (Fsp3) is 0.250. The van der Waals surface area contributed by atoms with Gasteiger partial charge in [-0.15, -0.1) is 10.2 Å². The second kappa shape index (κ2) is 7.59. The van der Waals surface area contributed by atoms with E-state index >= 15 is 0 Å². The van der Waals surface area contributed by atoms with Gasteiger partial charge < -0.3 is 23.7 Å². The predicted molar refractivity (Wildman–Crippen MR) is 107 cm³/mol. The highest BCUT2D eigenvalue weighted by Crippen LogP contribution is 2.35. The van der Waals surface area contributed by atoms with Crippen LogP contribution in [0.25, 0.3) is 11.3 Å². The van der Waals surface area contributed by atoms with Gasteiger partial charge >= 0.3 is 5.88 Å². The van der Waals surface area contributed by atoms with E-state index in [1.54, 1.807) is 4.90 Å². The van der Waals surface area contributed by atoms with Crippen molar-refractivity contribution in [2.24, 2.45) is 0 Å². The van der Waals surface area contributed by atoms with E-state index < -0.39 is 10.8 Å². The van der Waals surface area contributed by atoms with Gasteiger partial charge in [0.15, 0.2) is 23.1 Å². The molecule has 158 valence electrons. The summed E-state index contributed by atoms with van der Waals surface area (Å²) in [6.07, 6.45) is 0. The largest absolute Gasteiger partial charge is 0.454 e. The van der Waals surface area contributed by atoms with Crippen LogP contribution in [0.3, 0.4) is 0 Å². The molecule has 0 radical (unpaired) electrons. The summed E-state index contributed by atoms with van der Waals surface area (Å²) in [4.78, 5) is 26.2. The van der Waals surface area contributed by atoms with Crippen molar-refractivity contribution in [3.8, 4) is 22.8 Å². The van der Waals surface area contributed by atoms with Crippen molar-refractivity contribution >= 4 is 17.6 Å². The second-order valence-electron chi connectivity index (χ2n) is 7.02. The number of piperazine rings is 1. The Morgan fingerprint density at radius 1 is 0.968 bits per heavy atom. The van der Waals surface area contributed by atoms with Crippen LogP contribution in [0, 0.1) is 10.1 Å². The Morgan fingerprint density at radius 3 is 2.48 bits per heavy atom. The number of furan rings is 1. The van der Waals surface area contributed by atoms with E-state index in [0.29, 0.717) is 43.5 Å². The number of ether oxygens (including phenoxy) is 2. The molecule has 11 heteroatoms. The van der Waals surface area contributed by atoms with Gasteiger partial charge in [0, 0.05) is 31.7 Å². The molecule has 1 aromatic carbocycles. The van der Waals surface area contributed by atoms with Crippen LogP contribution in [-0.2, 0) is 0 Å². The van der Waals surface area contributed by atoms with Gasteiger partial charge in [0.25, 0.3) is 5.91 Å². The monoisotopic (exact) mass is 423 g/mol. The number of hydrogen-bond acceptors (Lipinski definition) is 9. The van der Waals surface area contributed by atoms with E-state index in [1.807, 2.05) is 35.2 Å². The summed E-state index contributed by atoms with van der Waals surface area (Å²) in [6.45, 7) is 2.23. The fourth-order valence-corrected chi connectivity index (χ4v) is 3.54. The molecule has 2 aliphatic rings. The Kier molecular flexibility index (Phi) is 4.62. The lowest BCUT2D eigenvalue weighted by molar-refractivity contribution is -0.402. The molecule has 1 saturated heterocycles. The van der Waals surface area contributed by atoms with Crippen LogP contribution in [0.4, 0.5) is 11.7 Å². The zero-order valence-corrected chi connectivity index (χ0v) is 16.3. The number of rotatable bonds is 4. The SMILES string of the molecule is O=C(c1ccc([N+](=O)[O-])o1)N1CCN(c2ccc(-c3ccc4c(c3)OCO4)nn2)CC1. The molecule has 0 unspecified atom stereocenters. The maximum Gasteiger partial charge on any atom is 0.433 e. The zero-order chi connectivity index (χ0) is 21.4. The number of benzene rings is 1. The van der Waals surface area contributed by atoms with Crippen LogP contribution in [-0.4, -0.2) is 58.9 Å². The summed E-state index contributed by atoms with van der Waals surface area (Å²) >= 11 is 0. The predicted octanol–water partition coefficient (Wildman–Crippen LogP) is 2.34. The Bertz CT molecular complexity index is 1140. The molecule has 1 amide bonds. The molecule has 0 saturated carbocycles. The number of amides is 1.